The summed E-state index contributed by atoms with van der Waals surface area (Å²) < 4.78 is 10.4. The molecule has 1 aromatic rings. The van der Waals surface area contributed by atoms with Crippen LogP contribution in [0.25, 0.3) is 0 Å². The van der Waals surface area contributed by atoms with Crippen molar-refractivity contribution >= 4 is 5.91 Å². The molecule has 1 saturated carbocycles. The number of benzene rings is 1. The molecule has 1 N–H and O–H groups in total. The molecule has 0 bridgehead atoms. The lowest BCUT2D eigenvalue weighted by Gasteiger charge is -2.10. The van der Waals surface area contributed by atoms with Crippen LogP contribution in [0.5, 0.6) is 11.5 Å². The molecule has 0 aromatic heterocycles. The van der Waals surface area contributed by atoms with Crippen molar-refractivity contribution < 1.29 is 14.3 Å². The van der Waals surface area contributed by atoms with Gasteiger partial charge in [-0.1, -0.05) is 13.0 Å². The largest absolute Gasteiger partial charge is 0.493 e. The van der Waals surface area contributed by atoms with Gasteiger partial charge in [0.25, 0.3) is 0 Å². The van der Waals surface area contributed by atoms with Crippen LogP contribution in [0.1, 0.15) is 18.9 Å². The fourth-order valence-electron chi connectivity index (χ4n) is 2.00. The van der Waals surface area contributed by atoms with Crippen molar-refractivity contribution in [2.45, 2.75) is 19.9 Å². The molecule has 0 radical (unpaired) electrons. The van der Waals surface area contributed by atoms with Crippen LogP contribution in [-0.2, 0) is 11.3 Å². The number of carbonyl (C=O) groups is 1. The molecule has 1 aliphatic carbocycles. The van der Waals surface area contributed by atoms with Crippen LogP contribution in [0.15, 0.2) is 18.2 Å². The summed E-state index contributed by atoms with van der Waals surface area (Å²) in [7, 11) is 3.21. The molecule has 4 heteroatoms. The van der Waals surface area contributed by atoms with Gasteiger partial charge in [0.15, 0.2) is 11.5 Å². The van der Waals surface area contributed by atoms with Gasteiger partial charge in [-0.15, -0.1) is 0 Å². The smallest absolute Gasteiger partial charge is 0.223 e. The third-order valence-corrected chi connectivity index (χ3v) is 3.36. The van der Waals surface area contributed by atoms with E-state index in [4.69, 9.17) is 9.47 Å². The minimum Gasteiger partial charge on any atom is -0.493 e. The van der Waals surface area contributed by atoms with E-state index in [-0.39, 0.29) is 11.8 Å². The van der Waals surface area contributed by atoms with Crippen molar-refractivity contribution in [2.24, 2.45) is 11.8 Å². The predicted molar refractivity (Wildman–Crippen MR) is 68.7 cm³/mol. The first-order chi connectivity index (χ1) is 8.65. The predicted octanol–water partition coefficient (Wildman–Crippen LogP) is 1.98. The van der Waals surface area contributed by atoms with Crippen molar-refractivity contribution in [1.29, 1.82) is 0 Å². The number of methoxy groups -OCH3 is 2. The topological polar surface area (TPSA) is 47.6 Å². The molecule has 1 aliphatic rings. The molecule has 2 unspecified atom stereocenters. The lowest BCUT2D eigenvalue weighted by molar-refractivity contribution is -0.122. The maximum absolute atomic E-state index is 11.7. The van der Waals surface area contributed by atoms with Crippen LogP contribution in [-0.4, -0.2) is 20.1 Å². The van der Waals surface area contributed by atoms with Crippen LogP contribution in [0.4, 0.5) is 0 Å². The summed E-state index contributed by atoms with van der Waals surface area (Å²) in [6, 6.07) is 5.66. The Bertz CT molecular complexity index is 445. The van der Waals surface area contributed by atoms with Crippen LogP contribution >= 0.6 is 0 Å². The van der Waals surface area contributed by atoms with Crippen molar-refractivity contribution in [1.82, 2.24) is 5.32 Å². The van der Waals surface area contributed by atoms with E-state index in [0.717, 1.165) is 12.0 Å². The minimum atomic E-state index is 0.150. The van der Waals surface area contributed by atoms with Gasteiger partial charge in [-0.25, -0.2) is 0 Å². The molecule has 2 rings (SSSR count). The van der Waals surface area contributed by atoms with E-state index < -0.39 is 0 Å². The average Bonchev–Trinajstić information content (AvgIpc) is 3.12. The first-order valence-electron chi connectivity index (χ1n) is 6.14. The van der Waals surface area contributed by atoms with Crippen molar-refractivity contribution in [2.75, 3.05) is 14.2 Å². The molecule has 0 heterocycles. The molecule has 2 atom stereocenters. The highest BCUT2D eigenvalue weighted by atomic mass is 16.5. The molecule has 0 saturated heterocycles. The van der Waals surface area contributed by atoms with Crippen LogP contribution in [0.3, 0.4) is 0 Å². The first-order valence-corrected chi connectivity index (χ1v) is 6.14. The van der Waals surface area contributed by atoms with Gasteiger partial charge < -0.3 is 14.8 Å². The zero-order valence-corrected chi connectivity index (χ0v) is 11.0. The number of hydrogen-bond donors (Lipinski definition) is 1. The molecule has 0 aliphatic heterocycles. The summed E-state index contributed by atoms with van der Waals surface area (Å²) in [5, 5.41) is 2.94. The number of carbonyl (C=O) groups excluding carboxylic acids is 1. The van der Waals surface area contributed by atoms with E-state index in [9.17, 15) is 4.79 Å². The van der Waals surface area contributed by atoms with Gasteiger partial charge in [-0.05, 0) is 30.0 Å². The SMILES string of the molecule is COc1ccc(CNC(=O)C2CC2C)cc1OC. The lowest BCUT2D eigenvalue weighted by atomic mass is 10.2. The molecular formula is C14H19NO3. The Kier molecular flexibility index (Phi) is 3.75. The van der Waals surface area contributed by atoms with Crippen LogP contribution < -0.4 is 14.8 Å². The summed E-state index contributed by atoms with van der Waals surface area (Å²) in [4.78, 5) is 11.7. The second-order valence-corrected chi connectivity index (χ2v) is 4.73. The van der Waals surface area contributed by atoms with Gasteiger partial charge in [0.2, 0.25) is 5.91 Å². The third kappa shape index (κ3) is 2.75. The van der Waals surface area contributed by atoms with E-state index in [0.29, 0.717) is 24.0 Å². The summed E-state index contributed by atoms with van der Waals surface area (Å²) in [6.45, 7) is 2.63. The van der Waals surface area contributed by atoms with E-state index in [2.05, 4.69) is 12.2 Å². The summed E-state index contributed by atoms with van der Waals surface area (Å²) in [6.07, 6.45) is 1.01. The standard InChI is InChI=1S/C14H19NO3/c1-9-6-11(9)14(16)15-8-10-4-5-12(17-2)13(7-10)18-3/h4-5,7,9,11H,6,8H2,1-3H3,(H,15,16). The maximum Gasteiger partial charge on any atom is 0.223 e. The second-order valence-electron chi connectivity index (χ2n) is 4.73. The molecule has 1 fully saturated rings. The number of nitrogens with one attached hydrogen (secondary N) is 1. The molecule has 1 amide bonds. The Morgan fingerprint density at radius 3 is 2.56 bits per heavy atom. The summed E-state index contributed by atoms with van der Waals surface area (Å²) >= 11 is 0. The summed E-state index contributed by atoms with van der Waals surface area (Å²) in [5.74, 6) is 2.28. The van der Waals surface area contributed by atoms with Crippen LogP contribution in [0.2, 0.25) is 0 Å². The number of rotatable bonds is 5. The molecule has 18 heavy (non-hydrogen) atoms. The van der Waals surface area contributed by atoms with Gasteiger partial charge in [-0.3, -0.25) is 4.79 Å². The highest BCUT2D eigenvalue weighted by molar-refractivity contribution is 5.81. The Morgan fingerprint density at radius 2 is 2.00 bits per heavy atom. The van der Waals surface area contributed by atoms with Gasteiger partial charge in [0.05, 0.1) is 14.2 Å². The van der Waals surface area contributed by atoms with Crippen LogP contribution in [0, 0.1) is 11.8 Å². The van der Waals surface area contributed by atoms with Gasteiger partial charge in [0, 0.05) is 12.5 Å². The highest BCUT2D eigenvalue weighted by Crippen LogP contribution is 2.37. The Balaban J connectivity index is 1.95. The average molecular weight is 249 g/mol. The second kappa shape index (κ2) is 5.29. The van der Waals surface area contributed by atoms with Gasteiger partial charge >= 0.3 is 0 Å². The maximum atomic E-state index is 11.7. The third-order valence-electron chi connectivity index (χ3n) is 3.36. The first kappa shape index (κ1) is 12.7. The van der Waals surface area contributed by atoms with E-state index in [1.54, 1.807) is 14.2 Å². The Morgan fingerprint density at radius 1 is 1.33 bits per heavy atom. The van der Waals surface area contributed by atoms with Gasteiger partial charge in [-0.2, -0.15) is 0 Å². The fourth-order valence-corrected chi connectivity index (χ4v) is 2.00. The quantitative estimate of drug-likeness (QED) is 0.868. The fraction of sp³-hybridized carbons (Fsp3) is 0.500. The lowest BCUT2D eigenvalue weighted by Crippen LogP contribution is -2.24. The van der Waals surface area contributed by atoms with E-state index in [1.165, 1.54) is 0 Å². The molecule has 98 valence electrons. The highest BCUT2D eigenvalue weighted by Gasteiger charge is 2.38. The monoisotopic (exact) mass is 249 g/mol. The van der Waals surface area contributed by atoms with E-state index in [1.807, 2.05) is 18.2 Å². The molecule has 1 aromatic carbocycles. The molecular weight excluding hydrogens is 230 g/mol. The zero-order chi connectivity index (χ0) is 13.1. The normalized spacial score (nSPS) is 21.3. The zero-order valence-electron chi connectivity index (χ0n) is 11.0. The molecule has 0 spiro atoms. The Labute approximate surface area is 107 Å². The number of hydrogen-bond acceptors (Lipinski definition) is 3. The van der Waals surface area contributed by atoms with Crippen molar-refractivity contribution in [3.63, 3.8) is 0 Å². The number of amides is 1. The summed E-state index contributed by atoms with van der Waals surface area (Å²) in [5.41, 5.74) is 1.01. The number of ether oxygens (including phenoxy) is 2. The van der Waals surface area contributed by atoms with Crippen molar-refractivity contribution in [3.8, 4) is 11.5 Å². The van der Waals surface area contributed by atoms with Crippen molar-refractivity contribution in [3.05, 3.63) is 23.8 Å². The molecule has 4 nitrogen and oxygen atoms in total. The minimum absolute atomic E-state index is 0.150. The van der Waals surface area contributed by atoms with E-state index >= 15 is 0 Å². The Hall–Kier alpha value is -1.71. The van der Waals surface area contributed by atoms with Gasteiger partial charge in [0.1, 0.15) is 0 Å².